The molecule has 3 N–H and O–H groups in total. The summed E-state index contributed by atoms with van der Waals surface area (Å²) < 4.78 is 18.8. The Bertz CT molecular complexity index is 688. The van der Waals surface area contributed by atoms with Crippen molar-refractivity contribution in [3.05, 3.63) is 65.5 Å². The number of carbonyl (C=O) groups excluding carboxylic acids is 1. The molecule has 23 heavy (non-hydrogen) atoms. The van der Waals surface area contributed by atoms with Crippen LogP contribution in [0.5, 0.6) is 5.75 Å². The van der Waals surface area contributed by atoms with Crippen molar-refractivity contribution < 1.29 is 13.9 Å². The lowest BCUT2D eigenvalue weighted by Crippen LogP contribution is -2.30. The average molecular weight is 314 g/mol. The zero-order valence-electron chi connectivity index (χ0n) is 12.7. The van der Waals surface area contributed by atoms with Gasteiger partial charge in [0.05, 0.1) is 6.54 Å². The third-order valence-corrected chi connectivity index (χ3v) is 3.93. The summed E-state index contributed by atoms with van der Waals surface area (Å²) >= 11 is 0. The van der Waals surface area contributed by atoms with Gasteiger partial charge in [-0.2, -0.15) is 0 Å². The lowest BCUT2D eigenvalue weighted by molar-refractivity contribution is -0.117. The molecule has 0 bridgehead atoms. The molecule has 1 amide bonds. The largest absolute Gasteiger partial charge is 0.489 e. The maximum absolute atomic E-state index is 13.1. The minimum absolute atomic E-state index is 0.218. The fourth-order valence-electron chi connectivity index (χ4n) is 2.63. The smallest absolute Gasteiger partial charge is 0.231 e. The average Bonchev–Trinajstić information content (AvgIpc) is 3.31. The van der Waals surface area contributed by atoms with Gasteiger partial charge in [0.2, 0.25) is 5.91 Å². The van der Waals surface area contributed by atoms with E-state index in [1.165, 1.54) is 17.7 Å². The molecule has 4 nitrogen and oxygen atoms in total. The number of nitrogens with one attached hydrogen (secondary N) is 1. The van der Waals surface area contributed by atoms with Gasteiger partial charge in [-0.05, 0) is 41.8 Å². The number of nitrogens with two attached hydrogens (primary N) is 1. The summed E-state index contributed by atoms with van der Waals surface area (Å²) in [5.41, 5.74) is 7.13. The summed E-state index contributed by atoms with van der Waals surface area (Å²) in [6.45, 7) is 0.555. The Morgan fingerprint density at radius 1 is 1.26 bits per heavy atom. The summed E-state index contributed by atoms with van der Waals surface area (Å²) in [6, 6.07) is 14.6. The van der Waals surface area contributed by atoms with Crippen LogP contribution in [0.2, 0.25) is 0 Å². The van der Waals surface area contributed by atoms with Crippen molar-refractivity contribution in [3.8, 4) is 5.75 Å². The molecule has 1 aliphatic rings. The fourth-order valence-corrected chi connectivity index (χ4v) is 2.63. The molecule has 3 rings (SSSR count). The van der Waals surface area contributed by atoms with E-state index in [2.05, 4.69) is 5.32 Å². The van der Waals surface area contributed by atoms with Crippen LogP contribution < -0.4 is 15.8 Å². The first-order valence-corrected chi connectivity index (χ1v) is 7.61. The number of hydrogen-bond donors (Lipinski definition) is 2. The predicted molar refractivity (Wildman–Crippen MR) is 85.5 cm³/mol. The summed E-state index contributed by atoms with van der Waals surface area (Å²) in [6.07, 6.45) is 1.01. The van der Waals surface area contributed by atoms with Gasteiger partial charge in [0, 0.05) is 12.0 Å². The lowest BCUT2D eigenvalue weighted by atomic mass is 10.1. The molecule has 0 aliphatic heterocycles. The maximum Gasteiger partial charge on any atom is 0.231 e. The SMILES string of the molecule is NC(=O)CN[C@H]1CC1c1ccc(OCc2cccc(F)c2)cc1. The van der Waals surface area contributed by atoms with E-state index in [4.69, 9.17) is 10.5 Å². The Kier molecular flexibility index (Phi) is 4.57. The van der Waals surface area contributed by atoms with Gasteiger partial charge in [0.15, 0.2) is 0 Å². The molecule has 2 aromatic rings. The number of rotatable bonds is 7. The number of benzene rings is 2. The molecule has 0 spiro atoms. The summed E-state index contributed by atoms with van der Waals surface area (Å²) in [5, 5.41) is 3.13. The van der Waals surface area contributed by atoms with Gasteiger partial charge in [-0.1, -0.05) is 24.3 Å². The summed E-state index contributed by atoms with van der Waals surface area (Å²) in [7, 11) is 0. The highest BCUT2D eigenvalue weighted by molar-refractivity contribution is 5.76. The van der Waals surface area contributed by atoms with Crippen molar-refractivity contribution in [1.29, 1.82) is 0 Å². The van der Waals surface area contributed by atoms with Crippen molar-refractivity contribution >= 4 is 5.91 Å². The zero-order valence-corrected chi connectivity index (χ0v) is 12.7. The minimum Gasteiger partial charge on any atom is -0.489 e. The Hall–Kier alpha value is -2.40. The van der Waals surface area contributed by atoms with Crippen LogP contribution in [0.4, 0.5) is 4.39 Å². The number of hydrogen-bond acceptors (Lipinski definition) is 3. The Morgan fingerprint density at radius 2 is 2.04 bits per heavy atom. The van der Waals surface area contributed by atoms with Gasteiger partial charge in [0.25, 0.3) is 0 Å². The van der Waals surface area contributed by atoms with E-state index < -0.39 is 0 Å². The van der Waals surface area contributed by atoms with Gasteiger partial charge in [-0.15, -0.1) is 0 Å². The van der Waals surface area contributed by atoms with E-state index >= 15 is 0 Å². The summed E-state index contributed by atoms with van der Waals surface area (Å²) in [5.74, 6) is 0.577. The minimum atomic E-state index is -0.336. The normalized spacial score (nSPS) is 19.3. The van der Waals surface area contributed by atoms with Crippen LogP contribution in [0.15, 0.2) is 48.5 Å². The highest BCUT2D eigenvalue weighted by Gasteiger charge is 2.37. The zero-order chi connectivity index (χ0) is 16.2. The number of carbonyl (C=O) groups is 1. The van der Waals surface area contributed by atoms with Crippen LogP contribution in [-0.2, 0) is 11.4 Å². The van der Waals surface area contributed by atoms with Gasteiger partial charge >= 0.3 is 0 Å². The molecular formula is C18H19FN2O2. The van der Waals surface area contributed by atoms with Crippen molar-refractivity contribution in [1.82, 2.24) is 5.32 Å². The summed E-state index contributed by atoms with van der Waals surface area (Å²) in [4.78, 5) is 10.7. The fraction of sp³-hybridized carbons (Fsp3) is 0.278. The van der Waals surface area contributed by atoms with Gasteiger partial charge in [0.1, 0.15) is 18.2 Å². The molecule has 120 valence electrons. The third kappa shape index (κ3) is 4.29. The number of primary amides is 1. The van der Waals surface area contributed by atoms with E-state index in [0.29, 0.717) is 18.6 Å². The van der Waals surface area contributed by atoms with Crippen LogP contribution in [0, 0.1) is 5.82 Å². The van der Waals surface area contributed by atoms with Crippen molar-refractivity contribution in [2.45, 2.75) is 25.0 Å². The lowest BCUT2D eigenvalue weighted by Gasteiger charge is -2.08. The second kappa shape index (κ2) is 6.79. The Balaban J connectivity index is 1.51. The van der Waals surface area contributed by atoms with Crippen molar-refractivity contribution in [2.75, 3.05) is 6.54 Å². The number of halogens is 1. The predicted octanol–water partition coefficient (Wildman–Crippen LogP) is 2.34. The molecule has 1 aliphatic carbocycles. The van der Waals surface area contributed by atoms with Gasteiger partial charge < -0.3 is 15.8 Å². The third-order valence-electron chi connectivity index (χ3n) is 3.93. The van der Waals surface area contributed by atoms with E-state index in [0.717, 1.165) is 17.7 Å². The highest BCUT2D eigenvalue weighted by Crippen LogP contribution is 2.41. The topological polar surface area (TPSA) is 64.4 Å². The molecule has 5 heteroatoms. The van der Waals surface area contributed by atoms with Crippen LogP contribution in [0.3, 0.4) is 0 Å². The standard InChI is InChI=1S/C18H19FN2O2/c19-14-3-1-2-12(8-14)11-23-15-6-4-13(5-7-15)16-9-17(16)21-10-18(20)22/h1-8,16-17,21H,9-11H2,(H2,20,22)/t16?,17-/m0/s1. The van der Waals surface area contributed by atoms with Crippen molar-refractivity contribution in [2.24, 2.45) is 5.73 Å². The molecule has 1 saturated carbocycles. The second-order valence-electron chi connectivity index (χ2n) is 5.78. The van der Waals surface area contributed by atoms with Gasteiger partial charge in [-0.3, -0.25) is 4.79 Å². The van der Waals surface area contributed by atoms with Crippen LogP contribution in [0.25, 0.3) is 0 Å². The molecule has 0 radical (unpaired) electrons. The molecule has 2 atom stereocenters. The Labute approximate surface area is 134 Å². The van der Waals surface area contributed by atoms with E-state index in [-0.39, 0.29) is 18.3 Å². The molecule has 0 saturated heterocycles. The monoisotopic (exact) mass is 314 g/mol. The molecule has 1 unspecified atom stereocenters. The van der Waals surface area contributed by atoms with Crippen LogP contribution in [0.1, 0.15) is 23.5 Å². The van der Waals surface area contributed by atoms with Crippen LogP contribution in [-0.4, -0.2) is 18.5 Å². The molecule has 2 aromatic carbocycles. The number of amides is 1. The van der Waals surface area contributed by atoms with Crippen LogP contribution >= 0.6 is 0 Å². The van der Waals surface area contributed by atoms with E-state index in [9.17, 15) is 9.18 Å². The number of ether oxygens (including phenoxy) is 1. The van der Waals surface area contributed by atoms with E-state index in [1.54, 1.807) is 6.07 Å². The first-order chi connectivity index (χ1) is 11.1. The van der Waals surface area contributed by atoms with E-state index in [1.807, 2.05) is 30.3 Å². The first kappa shape index (κ1) is 15.5. The highest BCUT2D eigenvalue weighted by atomic mass is 19.1. The van der Waals surface area contributed by atoms with Crippen molar-refractivity contribution in [3.63, 3.8) is 0 Å². The molecular weight excluding hydrogens is 295 g/mol. The molecule has 1 fully saturated rings. The second-order valence-corrected chi connectivity index (χ2v) is 5.78. The van der Waals surface area contributed by atoms with Gasteiger partial charge in [-0.25, -0.2) is 4.39 Å². The maximum atomic E-state index is 13.1. The first-order valence-electron chi connectivity index (χ1n) is 7.61. The Morgan fingerprint density at radius 3 is 2.74 bits per heavy atom. The molecule has 0 heterocycles. The quantitative estimate of drug-likeness (QED) is 0.824. The molecule has 0 aromatic heterocycles.